The first-order valence-electron chi connectivity index (χ1n) is 9.03. The third kappa shape index (κ3) is 3.81. The monoisotopic (exact) mass is 350 g/mol. The molecule has 3 rings (SSSR count). The van der Waals surface area contributed by atoms with E-state index in [0.717, 1.165) is 41.7 Å². The van der Waals surface area contributed by atoms with E-state index in [1.165, 1.54) is 11.1 Å². The Morgan fingerprint density at radius 3 is 2.73 bits per heavy atom. The molecule has 0 unspecified atom stereocenters. The number of nitrogens with zero attached hydrogens (tertiary/aromatic N) is 2. The molecule has 1 aromatic heterocycles. The van der Waals surface area contributed by atoms with Gasteiger partial charge >= 0.3 is 0 Å². The lowest BCUT2D eigenvalue weighted by atomic mass is 10.1. The highest BCUT2D eigenvalue weighted by molar-refractivity contribution is 5.78. The summed E-state index contributed by atoms with van der Waals surface area (Å²) in [5.74, 6) is 1.62. The van der Waals surface area contributed by atoms with Crippen molar-refractivity contribution in [1.29, 1.82) is 0 Å². The molecule has 136 valence electrons. The van der Waals surface area contributed by atoms with Crippen molar-refractivity contribution < 1.29 is 9.84 Å². The van der Waals surface area contributed by atoms with Crippen molar-refractivity contribution in [1.82, 2.24) is 9.55 Å². The van der Waals surface area contributed by atoms with E-state index in [4.69, 9.17) is 4.74 Å². The van der Waals surface area contributed by atoms with E-state index < -0.39 is 0 Å². The molecule has 0 aliphatic heterocycles. The van der Waals surface area contributed by atoms with Gasteiger partial charge < -0.3 is 14.4 Å². The maximum atomic E-state index is 9.66. The lowest BCUT2D eigenvalue weighted by Gasteiger charge is -2.12. The van der Waals surface area contributed by atoms with Gasteiger partial charge in [-0.15, -0.1) is 6.58 Å². The number of ether oxygens (including phenoxy) is 1. The number of aliphatic hydroxyl groups excluding tert-OH is 1. The summed E-state index contributed by atoms with van der Waals surface area (Å²) in [4.78, 5) is 4.57. The number of hydrogen-bond donors (Lipinski definition) is 1. The van der Waals surface area contributed by atoms with Crippen LogP contribution in [-0.4, -0.2) is 21.3 Å². The molecule has 4 heteroatoms. The van der Waals surface area contributed by atoms with E-state index in [1.807, 2.05) is 24.3 Å². The van der Waals surface area contributed by atoms with Gasteiger partial charge in [0.1, 0.15) is 18.2 Å². The number of fused-ring (bicyclic) bond motifs is 1. The summed E-state index contributed by atoms with van der Waals surface area (Å²) >= 11 is 0. The first-order valence-corrected chi connectivity index (χ1v) is 9.03. The molecule has 2 aromatic carbocycles. The van der Waals surface area contributed by atoms with Crippen LogP contribution in [0.5, 0.6) is 5.75 Å². The van der Waals surface area contributed by atoms with E-state index in [1.54, 1.807) is 0 Å². The second kappa shape index (κ2) is 8.19. The van der Waals surface area contributed by atoms with Gasteiger partial charge in [0.2, 0.25) is 0 Å². The van der Waals surface area contributed by atoms with Crippen LogP contribution in [0.1, 0.15) is 28.9 Å². The Hall–Kier alpha value is -2.59. The number of aryl methyl sites for hydroxylation is 3. The summed E-state index contributed by atoms with van der Waals surface area (Å²) in [7, 11) is 0. The maximum absolute atomic E-state index is 9.66. The van der Waals surface area contributed by atoms with Crippen LogP contribution in [-0.2, 0) is 19.6 Å². The summed E-state index contributed by atoms with van der Waals surface area (Å²) in [6.07, 6.45) is 3.53. The average molecular weight is 350 g/mol. The molecule has 1 N–H and O–H groups in total. The summed E-state index contributed by atoms with van der Waals surface area (Å²) in [5, 5.41) is 9.66. The lowest BCUT2D eigenvalue weighted by Crippen LogP contribution is -2.08. The Labute approximate surface area is 154 Å². The van der Waals surface area contributed by atoms with Gasteiger partial charge in [0.05, 0.1) is 17.6 Å². The summed E-state index contributed by atoms with van der Waals surface area (Å²) < 4.78 is 8.07. The second-order valence-corrected chi connectivity index (χ2v) is 6.57. The molecule has 0 spiro atoms. The fraction of sp³-hybridized carbons (Fsp3) is 0.318. The quantitative estimate of drug-likeness (QED) is 0.485. The largest absolute Gasteiger partial charge is 0.493 e. The fourth-order valence-electron chi connectivity index (χ4n) is 3.17. The normalized spacial score (nSPS) is 11.0. The second-order valence-electron chi connectivity index (χ2n) is 6.57. The molecule has 26 heavy (non-hydrogen) atoms. The molecule has 0 amide bonds. The molecule has 0 saturated heterocycles. The van der Waals surface area contributed by atoms with Gasteiger partial charge in [0, 0.05) is 6.54 Å². The van der Waals surface area contributed by atoms with E-state index in [-0.39, 0.29) is 6.61 Å². The van der Waals surface area contributed by atoms with Crippen LogP contribution >= 0.6 is 0 Å². The Bertz CT molecular complexity index is 912. The number of aliphatic hydroxyl groups is 1. The van der Waals surface area contributed by atoms with Gasteiger partial charge in [-0.25, -0.2) is 4.98 Å². The molecule has 1 heterocycles. The Morgan fingerprint density at radius 1 is 1.19 bits per heavy atom. The van der Waals surface area contributed by atoms with Crippen LogP contribution in [0.2, 0.25) is 0 Å². The third-order valence-electron chi connectivity index (χ3n) is 4.70. The molecule has 4 nitrogen and oxygen atoms in total. The minimum atomic E-state index is -0.0597. The van der Waals surface area contributed by atoms with Gasteiger partial charge in [-0.2, -0.15) is 0 Å². The first kappa shape index (κ1) is 18.2. The van der Waals surface area contributed by atoms with Crippen molar-refractivity contribution in [3.8, 4) is 5.75 Å². The number of rotatable bonds is 8. The van der Waals surface area contributed by atoms with Crippen molar-refractivity contribution in [2.45, 2.75) is 39.8 Å². The lowest BCUT2D eigenvalue weighted by molar-refractivity contribution is 0.261. The van der Waals surface area contributed by atoms with Crippen LogP contribution in [0, 0.1) is 13.8 Å². The summed E-state index contributed by atoms with van der Waals surface area (Å²) in [6, 6.07) is 12.3. The van der Waals surface area contributed by atoms with E-state index >= 15 is 0 Å². The molecule has 0 saturated carbocycles. The Kier molecular flexibility index (Phi) is 5.74. The molecule has 0 aliphatic carbocycles. The minimum absolute atomic E-state index is 0.0597. The molecule has 0 bridgehead atoms. The zero-order valence-corrected chi connectivity index (χ0v) is 15.5. The van der Waals surface area contributed by atoms with Crippen LogP contribution in [0.15, 0.2) is 49.1 Å². The molecular weight excluding hydrogens is 324 g/mol. The SMILES string of the molecule is C=CCc1ccccc1OCCCn1c(CO)nc2cc(C)c(C)cc21. The van der Waals surface area contributed by atoms with Crippen LogP contribution in [0.3, 0.4) is 0 Å². The molecular formula is C22H26N2O2. The first-order chi connectivity index (χ1) is 12.6. The third-order valence-corrected chi connectivity index (χ3v) is 4.70. The molecule has 0 radical (unpaired) electrons. The van der Waals surface area contributed by atoms with Crippen LogP contribution in [0.25, 0.3) is 11.0 Å². The topological polar surface area (TPSA) is 47.3 Å². The van der Waals surface area contributed by atoms with Crippen molar-refractivity contribution in [3.63, 3.8) is 0 Å². The van der Waals surface area contributed by atoms with Gasteiger partial charge in [0.15, 0.2) is 0 Å². The highest BCUT2D eigenvalue weighted by Crippen LogP contribution is 2.22. The summed E-state index contributed by atoms with van der Waals surface area (Å²) in [6.45, 7) is 9.30. The van der Waals surface area contributed by atoms with Crippen LogP contribution in [0.4, 0.5) is 0 Å². The molecule has 0 atom stereocenters. The Morgan fingerprint density at radius 2 is 1.96 bits per heavy atom. The fourth-order valence-corrected chi connectivity index (χ4v) is 3.17. The number of aromatic nitrogens is 2. The zero-order chi connectivity index (χ0) is 18.5. The summed E-state index contributed by atoms with van der Waals surface area (Å²) in [5.41, 5.74) is 5.61. The van der Waals surface area contributed by atoms with Gasteiger partial charge in [-0.1, -0.05) is 24.3 Å². The van der Waals surface area contributed by atoms with E-state index in [2.05, 4.69) is 48.2 Å². The number of hydrogen-bond acceptors (Lipinski definition) is 3. The zero-order valence-electron chi connectivity index (χ0n) is 15.5. The standard InChI is InChI=1S/C22H26N2O2/c1-4-8-18-9-5-6-10-21(18)26-12-7-11-24-20-14-17(3)16(2)13-19(20)23-22(24)15-25/h4-6,9-10,13-14,25H,1,7-8,11-12,15H2,2-3H3. The molecule has 0 fully saturated rings. The minimum Gasteiger partial charge on any atom is -0.493 e. The van der Waals surface area contributed by atoms with Crippen molar-refractivity contribution >= 4 is 11.0 Å². The van der Waals surface area contributed by atoms with Gasteiger partial charge in [-0.3, -0.25) is 0 Å². The van der Waals surface area contributed by atoms with Crippen molar-refractivity contribution in [3.05, 3.63) is 71.6 Å². The van der Waals surface area contributed by atoms with Gasteiger partial charge in [-0.05, 0) is 61.6 Å². The number of imidazole rings is 1. The van der Waals surface area contributed by atoms with Crippen molar-refractivity contribution in [2.24, 2.45) is 0 Å². The van der Waals surface area contributed by atoms with Gasteiger partial charge in [0.25, 0.3) is 0 Å². The predicted octanol–water partition coefficient (Wildman–Crippen LogP) is 4.34. The highest BCUT2D eigenvalue weighted by Gasteiger charge is 2.11. The predicted molar refractivity (Wildman–Crippen MR) is 106 cm³/mol. The Balaban J connectivity index is 1.70. The average Bonchev–Trinajstić information content (AvgIpc) is 2.97. The number of benzene rings is 2. The van der Waals surface area contributed by atoms with E-state index in [9.17, 15) is 5.11 Å². The van der Waals surface area contributed by atoms with Crippen molar-refractivity contribution in [2.75, 3.05) is 6.61 Å². The molecule has 3 aromatic rings. The number of para-hydroxylation sites is 1. The highest BCUT2D eigenvalue weighted by atomic mass is 16.5. The molecule has 0 aliphatic rings. The van der Waals surface area contributed by atoms with Crippen LogP contribution < -0.4 is 4.74 Å². The number of allylic oxidation sites excluding steroid dienone is 1. The smallest absolute Gasteiger partial charge is 0.135 e. The maximum Gasteiger partial charge on any atom is 0.135 e. The van der Waals surface area contributed by atoms with E-state index in [0.29, 0.717) is 12.4 Å².